The number of fused-ring (bicyclic) bond motifs is 1. The van der Waals surface area contributed by atoms with E-state index >= 15 is 0 Å². The fourth-order valence-electron chi connectivity index (χ4n) is 2.22. The minimum atomic E-state index is -2.98. The van der Waals surface area contributed by atoms with Crippen LogP contribution in [0.15, 0.2) is 28.9 Å². The number of carbonyl (C=O) groups excluding carboxylic acids is 1. The molecule has 0 saturated carbocycles. The topological polar surface area (TPSA) is 22.0 Å². The van der Waals surface area contributed by atoms with Crippen molar-refractivity contribution in [2.24, 2.45) is 5.41 Å². The summed E-state index contributed by atoms with van der Waals surface area (Å²) in [6, 6.07) is 5.31. The molecular weight excluding hydrogens is 328 g/mol. The van der Waals surface area contributed by atoms with Gasteiger partial charge in [-0.05, 0) is 17.5 Å². The van der Waals surface area contributed by atoms with Crippen molar-refractivity contribution in [2.75, 3.05) is 0 Å². The Balaban J connectivity index is 2.63. The van der Waals surface area contributed by atoms with Gasteiger partial charge in [0, 0.05) is 33.7 Å². The molecule has 20 heavy (non-hydrogen) atoms. The number of benzene rings is 1. The monoisotopic (exact) mass is 343 g/mol. The van der Waals surface area contributed by atoms with Gasteiger partial charge in [0.2, 0.25) is 5.78 Å². The number of hydrogen-bond donors (Lipinski definition) is 0. The molecule has 0 bridgehead atoms. The largest absolute Gasteiger partial charge is 0.346 e. The zero-order valence-electron chi connectivity index (χ0n) is 11.6. The lowest BCUT2D eigenvalue weighted by molar-refractivity contribution is 0.0680. The summed E-state index contributed by atoms with van der Waals surface area (Å²) in [6.45, 7) is 6.83. The molecule has 0 aliphatic heterocycles. The van der Waals surface area contributed by atoms with Crippen molar-refractivity contribution in [3.63, 3.8) is 0 Å². The molecule has 1 aromatic heterocycles. The van der Waals surface area contributed by atoms with Crippen molar-refractivity contribution in [3.8, 4) is 0 Å². The van der Waals surface area contributed by atoms with Crippen molar-refractivity contribution in [1.29, 1.82) is 0 Å². The second-order valence-electron chi connectivity index (χ2n) is 6.06. The molecule has 0 spiro atoms. The van der Waals surface area contributed by atoms with E-state index in [2.05, 4.69) is 36.7 Å². The van der Waals surface area contributed by atoms with E-state index < -0.39 is 12.2 Å². The number of rotatable bonds is 3. The van der Waals surface area contributed by atoms with Crippen LogP contribution in [-0.4, -0.2) is 16.8 Å². The third-order valence-corrected chi connectivity index (χ3v) is 3.45. The summed E-state index contributed by atoms with van der Waals surface area (Å²) in [4.78, 5) is 11.6. The molecule has 2 rings (SSSR count). The Hall–Kier alpha value is -1.23. The Morgan fingerprint density at radius 1 is 1.35 bits per heavy atom. The predicted molar refractivity (Wildman–Crippen MR) is 79.4 cm³/mol. The summed E-state index contributed by atoms with van der Waals surface area (Å²) >= 11 is 3.38. The van der Waals surface area contributed by atoms with E-state index in [1.807, 2.05) is 10.6 Å². The highest BCUT2D eigenvalue weighted by molar-refractivity contribution is 9.10. The lowest BCUT2D eigenvalue weighted by atomic mass is 9.97. The fraction of sp³-hybridized carbons (Fsp3) is 0.400. The lowest BCUT2D eigenvalue weighted by Gasteiger charge is -2.19. The highest BCUT2D eigenvalue weighted by Crippen LogP contribution is 2.29. The van der Waals surface area contributed by atoms with E-state index in [1.165, 1.54) is 6.20 Å². The van der Waals surface area contributed by atoms with Gasteiger partial charge in [-0.25, -0.2) is 8.78 Å². The second-order valence-corrected chi connectivity index (χ2v) is 6.97. The van der Waals surface area contributed by atoms with Crippen LogP contribution >= 0.6 is 15.9 Å². The third-order valence-electron chi connectivity index (χ3n) is 2.95. The summed E-state index contributed by atoms with van der Waals surface area (Å²) in [7, 11) is 0. The maximum absolute atomic E-state index is 12.7. The number of aromatic nitrogens is 1. The quantitative estimate of drug-likeness (QED) is 0.726. The Morgan fingerprint density at radius 2 is 2.00 bits per heavy atom. The second kappa shape index (κ2) is 5.28. The van der Waals surface area contributed by atoms with Crippen molar-refractivity contribution >= 4 is 32.6 Å². The van der Waals surface area contributed by atoms with Crippen molar-refractivity contribution in [3.05, 3.63) is 34.4 Å². The van der Waals surface area contributed by atoms with E-state index in [1.54, 1.807) is 12.1 Å². The van der Waals surface area contributed by atoms with Gasteiger partial charge in [0.05, 0.1) is 0 Å². The summed E-state index contributed by atoms with van der Waals surface area (Å²) in [6.07, 6.45) is -1.44. The summed E-state index contributed by atoms with van der Waals surface area (Å²) in [5.41, 5.74) is 0.865. The van der Waals surface area contributed by atoms with Crippen molar-refractivity contribution < 1.29 is 13.6 Å². The van der Waals surface area contributed by atoms with Gasteiger partial charge in [-0.1, -0.05) is 42.8 Å². The van der Waals surface area contributed by atoms with Crippen molar-refractivity contribution in [2.45, 2.75) is 33.7 Å². The van der Waals surface area contributed by atoms with Gasteiger partial charge in [-0.2, -0.15) is 0 Å². The average Bonchev–Trinajstić information content (AvgIpc) is 2.64. The number of carbonyl (C=O) groups is 1. The zero-order valence-corrected chi connectivity index (χ0v) is 13.2. The molecule has 108 valence electrons. The SMILES string of the molecule is CC(C)(C)Cn1cc(C(=O)C(F)F)c2ccc(Br)cc21. The van der Waals surface area contributed by atoms with Crippen LogP contribution in [-0.2, 0) is 6.54 Å². The van der Waals surface area contributed by atoms with Gasteiger partial charge in [-0.15, -0.1) is 0 Å². The summed E-state index contributed by atoms with van der Waals surface area (Å²) < 4.78 is 28.1. The first kappa shape index (κ1) is 15.2. The molecule has 0 unspecified atom stereocenters. The number of hydrogen-bond acceptors (Lipinski definition) is 1. The molecule has 2 aromatic rings. The molecule has 0 atom stereocenters. The van der Waals surface area contributed by atoms with Crippen LogP contribution in [0.3, 0.4) is 0 Å². The lowest BCUT2D eigenvalue weighted by Crippen LogP contribution is -2.15. The Bertz CT molecular complexity index is 656. The minimum absolute atomic E-state index is 0.0145. The predicted octanol–water partition coefficient (Wildman–Crippen LogP) is 4.90. The number of halogens is 3. The van der Waals surface area contributed by atoms with E-state index in [-0.39, 0.29) is 11.0 Å². The molecule has 5 heteroatoms. The van der Waals surface area contributed by atoms with E-state index in [0.29, 0.717) is 11.9 Å². The van der Waals surface area contributed by atoms with E-state index in [0.717, 1.165) is 9.99 Å². The van der Waals surface area contributed by atoms with Crippen LogP contribution in [0.2, 0.25) is 0 Å². The molecule has 1 heterocycles. The summed E-state index contributed by atoms with van der Waals surface area (Å²) in [5, 5.41) is 0.572. The minimum Gasteiger partial charge on any atom is -0.346 e. The highest BCUT2D eigenvalue weighted by atomic mass is 79.9. The number of Topliss-reactive ketones (excluding diaryl/α,β-unsaturated/α-hetero) is 1. The van der Waals surface area contributed by atoms with E-state index in [4.69, 9.17) is 0 Å². The first-order valence-electron chi connectivity index (χ1n) is 6.30. The number of nitrogens with zero attached hydrogens (tertiary/aromatic N) is 1. The van der Waals surface area contributed by atoms with Gasteiger partial charge in [0.1, 0.15) is 0 Å². The molecule has 0 radical (unpaired) electrons. The standard InChI is InChI=1S/C15H16BrF2NO/c1-15(2,3)8-19-7-11(13(20)14(17)18)10-5-4-9(16)6-12(10)19/h4-7,14H,8H2,1-3H3. The Kier molecular flexibility index (Phi) is 4.00. The zero-order chi connectivity index (χ0) is 15.1. The highest BCUT2D eigenvalue weighted by Gasteiger charge is 2.24. The molecule has 0 fully saturated rings. The van der Waals surface area contributed by atoms with Gasteiger partial charge in [0.15, 0.2) is 0 Å². The third kappa shape index (κ3) is 3.08. The molecule has 0 amide bonds. The molecule has 0 aliphatic carbocycles. The molecule has 0 aliphatic rings. The van der Waals surface area contributed by atoms with Crippen LogP contribution in [0.5, 0.6) is 0 Å². The first-order chi connectivity index (χ1) is 9.19. The van der Waals surface area contributed by atoms with Crippen LogP contribution in [0.4, 0.5) is 8.78 Å². The average molecular weight is 344 g/mol. The van der Waals surface area contributed by atoms with Gasteiger partial charge in [-0.3, -0.25) is 4.79 Å². The summed E-state index contributed by atoms with van der Waals surface area (Å²) in [5.74, 6) is -1.12. The molecule has 0 N–H and O–H groups in total. The fourth-order valence-corrected chi connectivity index (χ4v) is 2.57. The molecular formula is C15H16BrF2NO. The van der Waals surface area contributed by atoms with Gasteiger partial charge in [0.25, 0.3) is 0 Å². The van der Waals surface area contributed by atoms with Crippen LogP contribution in [0.25, 0.3) is 10.9 Å². The van der Waals surface area contributed by atoms with Crippen LogP contribution < -0.4 is 0 Å². The maximum Gasteiger partial charge on any atom is 0.300 e. The first-order valence-corrected chi connectivity index (χ1v) is 7.09. The van der Waals surface area contributed by atoms with Gasteiger partial charge < -0.3 is 4.57 Å². The molecule has 0 saturated heterocycles. The normalized spacial score (nSPS) is 12.3. The van der Waals surface area contributed by atoms with Crippen LogP contribution in [0, 0.1) is 5.41 Å². The van der Waals surface area contributed by atoms with Crippen molar-refractivity contribution in [1.82, 2.24) is 4.57 Å². The maximum atomic E-state index is 12.7. The number of ketones is 1. The molecule has 2 nitrogen and oxygen atoms in total. The van der Waals surface area contributed by atoms with Gasteiger partial charge >= 0.3 is 6.43 Å². The Labute approximate surface area is 124 Å². The smallest absolute Gasteiger partial charge is 0.300 e. The van der Waals surface area contributed by atoms with E-state index in [9.17, 15) is 13.6 Å². The Morgan fingerprint density at radius 3 is 2.55 bits per heavy atom. The number of alkyl halides is 2. The van der Waals surface area contributed by atoms with Crippen LogP contribution in [0.1, 0.15) is 31.1 Å². The molecule has 1 aromatic carbocycles.